The van der Waals surface area contributed by atoms with Gasteiger partial charge in [0, 0.05) is 12.7 Å². The van der Waals surface area contributed by atoms with Crippen molar-refractivity contribution in [1.82, 2.24) is 25.3 Å². The summed E-state index contributed by atoms with van der Waals surface area (Å²) in [4.78, 5) is 0.105. The fraction of sp³-hybridized carbons (Fsp3) is 0.375. The molecule has 0 aliphatic rings. The van der Waals surface area contributed by atoms with Gasteiger partial charge >= 0.3 is 0 Å². The van der Waals surface area contributed by atoms with Gasteiger partial charge in [-0.3, -0.25) is 9.40 Å². The number of sulfonamides is 1. The van der Waals surface area contributed by atoms with Crippen LogP contribution in [0.3, 0.4) is 0 Å². The highest BCUT2D eigenvalue weighted by molar-refractivity contribution is 7.93. The van der Waals surface area contributed by atoms with Gasteiger partial charge in [-0.05, 0) is 7.05 Å². The number of rotatable bonds is 6. The molecule has 0 aliphatic heterocycles. The second kappa shape index (κ2) is 5.42. The van der Waals surface area contributed by atoms with Crippen LogP contribution < -0.4 is 10.0 Å². The maximum atomic E-state index is 11.9. The van der Waals surface area contributed by atoms with Gasteiger partial charge in [0.1, 0.15) is 10.4 Å². The molecule has 0 spiro atoms. The van der Waals surface area contributed by atoms with Gasteiger partial charge in [0.2, 0.25) is 5.13 Å². The summed E-state index contributed by atoms with van der Waals surface area (Å²) in [6.45, 7) is 1.32. The average Bonchev–Trinajstić information content (AvgIpc) is 2.96. The molecule has 0 bridgehead atoms. The van der Waals surface area contributed by atoms with Gasteiger partial charge in [-0.15, -0.1) is 10.2 Å². The summed E-state index contributed by atoms with van der Waals surface area (Å²) in [5, 5.41) is 14.3. The topological polar surface area (TPSA) is 102 Å². The van der Waals surface area contributed by atoms with E-state index in [2.05, 4.69) is 25.3 Å². The molecule has 0 saturated heterocycles. The Morgan fingerprint density at radius 2 is 2.33 bits per heavy atom. The van der Waals surface area contributed by atoms with Crippen LogP contribution in [-0.4, -0.2) is 42.0 Å². The van der Waals surface area contributed by atoms with Crippen LogP contribution >= 0.6 is 11.3 Å². The first-order chi connectivity index (χ1) is 8.62. The van der Waals surface area contributed by atoms with Crippen molar-refractivity contribution in [3.8, 4) is 0 Å². The van der Waals surface area contributed by atoms with Crippen LogP contribution in [-0.2, 0) is 16.6 Å². The fourth-order valence-corrected chi connectivity index (χ4v) is 2.87. The van der Waals surface area contributed by atoms with Gasteiger partial charge < -0.3 is 5.32 Å². The molecular weight excluding hydrogens is 276 g/mol. The van der Waals surface area contributed by atoms with Crippen molar-refractivity contribution in [2.45, 2.75) is 11.4 Å². The standard InChI is InChI=1S/C8H12N6O2S2/c1-9-2-3-14-5-7(4-11-14)18(15,16)13-8-12-10-6-17-8/h4-6,9H,2-3H2,1H3,(H,12,13). The first-order valence-corrected chi connectivity index (χ1v) is 7.44. The first kappa shape index (κ1) is 12.9. The molecule has 2 rings (SSSR count). The molecule has 10 heteroatoms. The highest BCUT2D eigenvalue weighted by Gasteiger charge is 2.17. The van der Waals surface area contributed by atoms with E-state index in [1.54, 1.807) is 4.68 Å². The molecule has 0 aromatic carbocycles. The van der Waals surface area contributed by atoms with E-state index in [1.807, 2.05) is 7.05 Å². The van der Waals surface area contributed by atoms with Crippen molar-refractivity contribution >= 4 is 26.5 Å². The van der Waals surface area contributed by atoms with Crippen LogP contribution in [0.1, 0.15) is 0 Å². The number of aromatic nitrogens is 4. The molecule has 8 nitrogen and oxygen atoms in total. The normalized spacial score (nSPS) is 11.6. The third-order valence-electron chi connectivity index (χ3n) is 2.09. The number of anilines is 1. The van der Waals surface area contributed by atoms with E-state index < -0.39 is 10.0 Å². The second-order valence-corrected chi connectivity index (χ2v) is 5.91. The molecule has 0 saturated carbocycles. The molecule has 2 aromatic rings. The molecule has 0 aliphatic carbocycles. The van der Waals surface area contributed by atoms with E-state index in [-0.39, 0.29) is 10.0 Å². The van der Waals surface area contributed by atoms with Crippen molar-refractivity contribution in [3.05, 3.63) is 17.9 Å². The Morgan fingerprint density at radius 1 is 1.50 bits per heavy atom. The quantitative estimate of drug-likeness (QED) is 0.760. The maximum absolute atomic E-state index is 11.9. The maximum Gasteiger partial charge on any atom is 0.266 e. The molecule has 0 radical (unpaired) electrons. The zero-order chi connectivity index (χ0) is 13.0. The Labute approximate surface area is 108 Å². The predicted molar refractivity (Wildman–Crippen MR) is 66.9 cm³/mol. The molecule has 98 valence electrons. The highest BCUT2D eigenvalue weighted by Crippen LogP contribution is 2.15. The molecule has 0 amide bonds. The minimum absolute atomic E-state index is 0.105. The molecule has 18 heavy (non-hydrogen) atoms. The molecule has 0 unspecified atom stereocenters. The van der Waals surface area contributed by atoms with E-state index in [4.69, 9.17) is 0 Å². The number of hydrogen-bond acceptors (Lipinski definition) is 7. The van der Waals surface area contributed by atoms with E-state index in [1.165, 1.54) is 17.9 Å². The van der Waals surface area contributed by atoms with Gasteiger partial charge in [-0.25, -0.2) is 8.42 Å². The predicted octanol–water partition coefficient (Wildman–Crippen LogP) is -0.245. The minimum atomic E-state index is -3.63. The second-order valence-electron chi connectivity index (χ2n) is 3.39. The summed E-state index contributed by atoms with van der Waals surface area (Å²) in [5.74, 6) is 0. The zero-order valence-electron chi connectivity index (χ0n) is 9.57. The van der Waals surface area contributed by atoms with Crippen LogP contribution in [0.15, 0.2) is 22.8 Å². The Morgan fingerprint density at radius 3 is 3.00 bits per heavy atom. The van der Waals surface area contributed by atoms with Crippen LogP contribution in [0.2, 0.25) is 0 Å². The van der Waals surface area contributed by atoms with E-state index in [9.17, 15) is 8.42 Å². The molecule has 0 atom stereocenters. The molecule has 0 fully saturated rings. The van der Waals surface area contributed by atoms with Crippen molar-refractivity contribution in [2.24, 2.45) is 0 Å². The number of nitrogens with zero attached hydrogens (tertiary/aromatic N) is 4. The van der Waals surface area contributed by atoms with Gasteiger partial charge in [-0.2, -0.15) is 5.10 Å². The van der Waals surface area contributed by atoms with E-state index >= 15 is 0 Å². The van der Waals surface area contributed by atoms with Crippen molar-refractivity contribution in [1.29, 1.82) is 0 Å². The molecule has 2 heterocycles. The smallest absolute Gasteiger partial charge is 0.266 e. The largest absolute Gasteiger partial charge is 0.318 e. The molecule has 2 aromatic heterocycles. The Kier molecular flexibility index (Phi) is 3.89. The van der Waals surface area contributed by atoms with E-state index in [0.717, 1.165) is 11.3 Å². The van der Waals surface area contributed by atoms with Crippen LogP contribution in [0.4, 0.5) is 5.13 Å². The van der Waals surface area contributed by atoms with Crippen molar-refractivity contribution < 1.29 is 8.42 Å². The number of likely N-dealkylation sites (N-methyl/N-ethyl adjacent to an activating group) is 1. The van der Waals surface area contributed by atoms with Crippen molar-refractivity contribution in [3.63, 3.8) is 0 Å². The fourth-order valence-electron chi connectivity index (χ4n) is 1.22. The molecule has 2 N–H and O–H groups in total. The average molecular weight is 288 g/mol. The molecular formula is C8H12N6O2S2. The first-order valence-electron chi connectivity index (χ1n) is 5.08. The lowest BCUT2D eigenvalue weighted by molar-refractivity contribution is 0.582. The van der Waals surface area contributed by atoms with Gasteiger partial charge in [0.25, 0.3) is 10.0 Å². The summed E-state index contributed by atoms with van der Waals surface area (Å²) in [6, 6.07) is 0. The number of nitrogens with one attached hydrogen (secondary N) is 2. The Balaban J connectivity index is 2.12. The minimum Gasteiger partial charge on any atom is -0.318 e. The van der Waals surface area contributed by atoms with Crippen LogP contribution in [0.5, 0.6) is 0 Å². The van der Waals surface area contributed by atoms with E-state index in [0.29, 0.717) is 13.1 Å². The lowest BCUT2D eigenvalue weighted by Gasteiger charge is -2.01. The monoisotopic (exact) mass is 288 g/mol. The van der Waals surface area contributed by atoms with Crippen LogP contribution in [0, 0.1) is 0 Å². The third kappa shape index (κ3) is 3.03. The Bertz CT molecular complexity index is 591. The Hall–Kier alpha value is -1.52. The zero-order valence-corrected chi connectivity index (χ0v) is 11.2. The van der Waals surface area contributed by atoms with Gasteiger partial charge in [0.05, 0.1) is 12.7 Å². The third-order valence-corrected chi connectivity index (χ3v) is 4.12. The summed E-state index contributed by atoms with van der Waals surface area (Å²) in [6.07, 6.45) is 2.78. The SMILES string of the molecule is CNCCn1cc(S(=O)(=O)Nc2nncs2)cn1. The summed E-state index contributed by atoms with van der Waals surface area (Å²) in [5.41, 5.74) is 1.45. The van der Waals surface area contributed by atoms with Gasteiger partial charge in [0.15, 0.2) is 0 Å². The van der Waals surface area contributed by atoms with Gasteiger partial charge in [-0.1, -0.05) is 11.3 Å². The summed E-state index contributed by atoms with van der Waals surface area (Å²) < 4.78 is 27.8. The number of hydrogen-bond donors (Lipinski definition) is 2. The summed E-state index contributed by atoms with van der Waals surface area (Å²) >= 11 is 1.12. The summed E-state index contributed by atoms with van der Waals surface area (Å²) in [7, 11) is -1.82. The van der Waals surface area contributed by atoms with Crippen LogP contribution in [0.25, 0.3) is 0 Å². The van der Waals surface area contributed by atoms with Crippen molar-refractivity contribution in [2.75, 3.05) is 18.3 Å². The lowest BCUT2D eigenvalue weighted by atomic mass is 10.6. The highest BCUT2D eigenvalue weighted by atomic mass is 32.2. The lowest BCUT2D eigenvalue weighted by Crippen LogP contribution is -2.15.